The average Bonchev–Trinajstić information content (AvgIpc) is 2.50. The molecular formula is C10H21NO2S. The van der Waals surface area contributed by atoms with Crippen LogP contribution in [0.5, 0.6) is 0 Å². The van der Waals surface area contributed by atoms with Crippen LogP contribution in [0.15, 0.2) is 0 Å². The first-order valence-corrected chi connectivity index (χ1v) is 6.89. The highest BCUT2D eigenvalue weighted by atomic mass is 32.2. The lowest BCUT2D eigenvalue weighted by Gasteiger charge is -2.24. The van der Waals surface area contributed by atoms with Gasteiger partial charge in [0.1, 0.15) is 0 Å². The number of rotatable bonds is 4. The van der Waals surface area contributed by atoms with Crippen molar-refractivity contribution in [1.29, 1.82) is 0 Å². The van der Waals surface area contributed by atoms with Crippen molar-refractivity contribution in [2.45, 2.75) is 51.7 Å². The van der Waals surface area contributed by atoms with Crippen LogP contribution in [-0.4, -0.2) is 20.2 Å². The summed E-state index contributed by atoms with van der Waals surface area (Å²) in [4.78, 5) is 0. The van der Waals surface area contributed by atoms with Gasteiger partial charge in [-0.05, 0) is 32.1 Å². The van der Waals surface area contributed by atoms with Crippen molar-refractivity contribution in [3.63, 3.8) is 0 Å². The van der Waals surface area contributed by atoms with Gasteiger partial charge in [0.05, 0.1) is 5.25 Å². The molecule has 0 heterocycles. The van der Waals surface area contributed by atoms with E-state index in [1.54, 1.807) is 13.8 Å². The molecule has 1 fully saturated rings. The maximum absolute atomic E-state index is 11.5. The largest absolute Gasteiger partial charge is 0.214 e. The summed E-state index contributed by atoms with van der Waals surface area (Å²) in [6.45, 7) is 6.19. The predicted molar refractivity (Wildman–Crippen MR) is 58.6 cm³/mol. The van der Waals surface area contributed by atoms with Gasteiger partial charge in [0.25, 0.3) is 0 Å². The number of hydrogen-bond donors (Lipinski definition) is 1. The van der Waals surface area contributed by atoms with Gasteiger partial charge in [-0.1, -0.05) is 19.8 Å². The van der Waals surface area contributed by atoms with Gasteiger partial charge in [-0.3, -0.25) is 0 Å². The zero-order valence-electron chi connectivity index (χ0n) is 9.34. The first kappa shape index (κ1) is 12.0. The second kappa shape index (κ2) is 4.19. The molecule has 0 bridgehead atoms. The minimum Gasteiger partial charge on any atom is -0.214 e. The number of hydrogen-bond acceptors (Lipinski definition) is 2. The summed E-state index contributed by atoms with van der Waals surface area (Å²) in [5.41, 5.74) is 0.196. The lowest BCUT2D eigenvalue weighted by Crippen LogP contribution is -2.37. The summed E-state index contributed by atoms with van der Waals surface area (Å²) < 4.78 is 25.7. The van der Waals surface area contributed by atoms with E-state index in [1.807, 2.05) is 0 Å². The number of sulfonamides is 1. The fourth-order valence-corrected chi connectivity index (χ4v) is 2.73. The Kier molecular flexibility index (Phi) is 3.58. The van der Waals surface area contributed by atoms with Crippen molar-refractivity contribution in [1.82, 2.24) is 4.72 Å². The van der Waals surface area contributed by atoms with E-state index >= 15 is 0 Å². The normalized spacial score (nSPS) is 21.7. The molecule has 0 aromatic carbocycles. The average molecular weight is 219 g/mol. The molecule has 0 spiro atoms. The number of nitrogens with one attached hydrogen (secondary N) is 1. The SMILES string of the molecule is CC(C)S(=O)(=O)NCC1(C)CCCC1. The van der Waals surface area contributed by atoms with Gasteiger partial charge in [-0.15, -0.1) is 0 Å². The molecule has 1 aliphatic rings. The minimum absolute atomic E-state index is 0.196. The van der Waals surface area contributed by atoms with Gasteiger partial charge in [0.15, 0.2) is 0 Å². The fourth-order valence-electron chi connectivity index (χ4n) is 1.85. The highest BCUT2D eigenvalue weighted by Gasteiger charge is 2.30. The molecule has 1 rings (SSSR count). The molecule has 0 aliphatic heterocycles. The first-order valence-electron chi connectivity index (χ1n) is 5.34. The third-order valence-corrected chi connectivity index (χ3v) is 4.92. The molecule has 1 saturated carbocycles. The Hall–Kier alpha value is -0.0900. The molecule has 0 amide bonds. The Morgan fingerprint density at radius 1 is 1.29 bits per heavy atom. The summed E-state index contributed by atoms with van der Waals surface area (Å²) >= 11 is 0. The van der Waals surface area contributed by atoms with Gasteiger partial charge < -0.3 is 0 Å². The Morgan fingerprint density at radius 3 is 2.21 bits per heavy atom. The lowest BCUT2D eigenvalue weighted by molar-refractivity contribution is 0.336. The predicted octanol–water partition coefficient (Wildman–Crippen LogP) is 1.89. The Balaban J connectivity index is 2.48. The molecule has 0 radical (unpaired) electrons. The van der Waals surface area contributed by atoms with E-state index in [9.17, 15) is 8.42 Å². The molecular weight excluding hydrogens is 198 g/mol. The van der Waals surface area contributed by atoms with E-state index in [0.717, 1.165) is 12.8 Å². The minimum atomic E-state index is -3.07. The fraction of sp³-hybridized carbons (Fsp3) is 1.00. The Morgan fingerprint density at radius 2 is 1.79 bits per heavy atom. The van der Waals surface area contributed by atoms with E-state index in [0.29, 0.717) is 6.54 Å². The third kappa shape index (κ3) is 2.95. The van der Waals surface area contributed by atoms with Crippen LogP contribution < -0.4 is 4.72 Å². The molecule has 0 unspecified atom stereocenters. The summed E-state index contributed by atoms with van der Waals surface area (Å²) in [5.74, 6) is 0. The lowest BCUT2D eigenvalue weighted by atomic mass is 9.89. The van der Waals surface area contributed by atoms with Crippen molar-refractivity contribution in [3.05, 3.63) is 0 Å². The van der Waals surface area contributed by atoms with Gasteiger partial charge in [-0.2, -0.15) is 0 Å². The summed E-state index contributed by atoms with van der Waals surface area (Å²) in [5, 5.41) is -0.326. The van der Waals surface area contributed by atoms with E-state index in [-0.39, 0.29) is 10.7 Å². The monoisotopic (exact) mass is 219 g/mol. The Labute approximate surface area is 87.3 Å². The van der Waals surface area contributed by atoms with Crippen LogP contribution in [0.2, 0.25) is 0 Å². The van der Waals surface area contributed by atoms with Crippen LogP contribution in [0.4, 0.5) is 0 Å². The van der Waals surface area contributed by atoms with Crippen molar-refractivity contribution in [3.8, 4) is 0 Å². The van der Waals surface area contributed by atoms with E-state index in [2.05, 4.69) is 11.6 Å². The van der Waals surface area contributed by atoms with E-state index in [4.69, 9.17) is 0 Å². The maximum Gasteiger partial charge on any atom is 0.213 e. The van der Waals surface area contributed by atoms with Crippen LogP contribution in [-0.2, 0) is 10.0 Å². The van der Waals surface area contributed by atoms with Crippen LogP contribution in [0.25, 0.3) is 0 Å². The second-order valence-corrected chi connectivity index (χ2v) is 7.25. The van der Waals surface area contributed by atoms with Crippen molar-refractivity contribution in [2.75, 3.05) is 6.54 Å². The first-order chi connectivity index (χ1) is 6.36. The molecule has 0 saturated heterocycles. The quantitative estimate of drug-likeness (QED) is 0.785. The Bertz CT molecular complexity index is 276. The summed E-state index contributed by atoms with van der Waals surface area (Å²) in [6.07, 6.45) is 4.76. The molecule has 14 heavy (non-hydrogen) atoms. The molecule has 4 heteroatoms. The zero-order chi connectivity index (χ0) is 10.8. The molecule has 0 aromatic heterocycles. The van der Waals surface area contributed by atoms with Gasteiger partial charge in [0, 0.05) is 6.54 Å². The summed E-state index contributed by atoms with van der Waals surface area (Å²) in [7, 11) is -3.07. The zero-order valence-corrected chi connectivity index (χ0v) is 10.2. The molecule has 0 atom stereocenters. The van der Waals surface area contributed by atoms with Crippen LogP contribution in [0.3, 0.4) is 0 Å². The van der Waals surface area contributed by atoms with Crippen LogP contribution >= 0.6 is 0 Å². The van der Waals surface area contributed by atoms with Crippen molar-refractivity contribution < 1.29 is 8.42 Å². The van der Waals surface area contributed by atoms with Gasteiger partial charge in [0.2, 0.25) is 10.0 Å². The van der Waals surface area contributed by atoms with E-state index < -0.39 is 10.0 Å². The topological polar surface area (TPSA) is 46.2 Å². The van der Waals surface area contributed by atoms with E-state index in [1.165, 1.54) is 12.8 Å². The smallest absolute Gasteiger partial charge is 0.213 e. The molecule has 0 aromatic rings. The molecule has 1 N–H and O–H groups in total. The molecule has 84 valence electrons. The second-order valence-electron chi connectivity index (χ2n) is 4.93. The summed E-state index contributed by atoms with van der Waals surface area (Å²) in [6, 6.07) is 0. The van der Waals surface area contributed by atoms with Gasteiger partial charge in [-0.25, -0.2) is 13.1 Å². The van der Waals surface area contributed by atoms with Crippen LogP contribution in [0, 0.1) is 5.41 Å². The molecule has 3 nitrogen and oxygen atoms in total. The third-order valence-electron chi connectivity index (χ3n) is 3.13. The standard InChI is InChI=1S/C10H21NO2S/c1-9(2)14(12,13)11-8-10(3)6-4-5-7-10/h9,11H,4-8H2,1-3H3. The highest BCUT2D eigenvalue weighted by molar-refractivity contribution is 7.90. The van der Waals surface area contributed by atoms with Crippen molar-refractivity contribution >= 4 is 10.0 Å². The van der Waals surface area contributed by atoms with Crippen molar-refractivity contribution in [2.24, 2.45) is 5.41 Å². The van der Waals surface area contributed by atoms with Crippen LogP contribution in [0.1, 0.15) is 46.5 Å². The highest BCUT2D eigenvalue weighted by Crippen LogP contribution is 2.36. The molecule has 1 aliphatic carbocycles. The van der Waals surface area contributed by atoms with Gasteiger partial charge >= 0.3 is 0 Å². The maximum atomic E-state index is 11.5.